The van der Waals surface area contributed by atoms with E-state index in [1.54, 1.807) is 19.2 Å². The lowest BCUT2D eigenvalue weighted by Gasteiger charge is -2.24. The Morgan fingerprint density at radius 1 is 1.15 bits per heavy atom. The Bertz CT molecular complexity index is 767. The molecular formula is C19H23BrN4O2. The molecule has 138 valence electrons. The van der Waals surface area contributed by atoms with Gasteiger partial charge in [0.1, 0.15) is 11.6 Å². The van der Waals surface area contributed by atoms with Crippen molar-refractivity contribution in [3.63, 3.8) is 0 Å². The number of hydrogen-bond acceptors (Lipinski definition) is 6. The first-order chi connectivity index (χ1) is 12.6. The summed E-state index contributed by atoms with van der Waals surface area (Å²) in [4.78, 5) is 25.4. The molecule has 0 N–H and O–H groups in total. The maximum atomic E-state index is 11.8. The van der Waals surface area contributed by atoms with E-state index in [0.29, 0.717) is 12.2 Å². The molecule has 0 bridgehead atoms. The van der Waals surface area contributed by atoms with E-state index in [9.17, 15) is 4.79 Å². The van der Waals surface area contributed by atoms with Crippen LogP contribution in [-0.2, 0) is 4.74 Å². The third-order valence-electron chi connectivity index (χ3n) is 4.40. The molecule has 0 radical (unpaired) electrons. The van der Waals surface area contributed by atoms with Gasteiger partial charge in [0, 0.05) is 43.0 Å². The third kappa shape index (κ3) is 4.33. The molecule has 2 aromatic rings. The molecule has 1 saturated heterocycles. The summed E-state index contributed by atoms with van der Waals surface area (Å²) in [6.07, 6.45) is 4.47. The lowest BCUT2D eigenvalue weighted by atomic mass is 10.2. The first-order valence-corrected chi connectivity index (χ1v) is 9.63. The Balaban J connectivity index is 1.67. The molecule has 0 unspecified atom stereocenters. The summed E-state index contributed by atoms with van der Waals surface area (Å²) < 4.78 is 6.01. The quantitative estimate of drug-likeness (QED) is 0.708. The highest BCUT2D eigenvalue weighted by molar-refractivity contribution is 9.10. The maximum Gasteiger partial charge on any atom is 0.339 e. The minimum atomic E-state index is -0.328. The molecule has 1 fully saturated rings. The number of hydrogen-bond donors (Lipinski definition) is 0. The van der Waals surface area contributed by atoms with E-state index in [4.69, 9.17) is 4.74 Å². The normalized spacial score (nSPS) is 14.9. The Morgan fingerprint density at radius 2 is 1.92 bits per heavy atom. The smallest absolute Gasteiger partial charge is 0.339 e. The van der Waals surface area contributed by atoms with Crippen molar-refractivity contribution in [2.45, 2.75) is 20.3 Å². The first kappa shape index (κ1) is 18.6. The number of anilines is 2. The number of carbonyl (C=O) groups excluding carboxylic acids is 1. The Morgan fingerprint density at radius 3 is 2.62 bits per heavy atom. The second-order valence-electron chi connectivity index (χ2n) is 6.25. The summed E-state index contributed by atoms with van der Waals surface area (Å²) >= 11 is 3.47. The van der Waals surface area contributed by atoms with Crippen molar-refractivity contribution < 1.29 is 9.53 Å². The van der Waals surface area contributed by atoms with Gasteiger partial charge in [-0.1, -0.05) is 0 Å². The van der Waals surface area contributed by atoms with E-state index in [-0.39, 0.29) is 5.97 Å². The topological polar surface area (TPSA) is 58.6 Å². The number of ether oxygens (including phenoxy) is 1. The van der Waals surface area contributed by atoms with Crippen LogP contribution < -0.4 is 9.80 Å². The van der Waals surface area contributed by atoms with Crippen molar-refractivity contribution in [2.24, 2.45) is 0 Å². The largest absolute Gasteiger partial charge is 0.462 e. The fourth-order valence-electron chi connectivity index (χ4n) is 3.13. The van der Waals surface area contributed by atoms with Gasteiger partial charge in [0.2, 0.25) is 0 Å². The molecule has 7 heteroatoms. The number of esters is 1. The number of pyridine rings is 2. The number of halogens is 1. The van der Waals surface area contributed by atoms with Crippen LogP contribution in [-0.4, -0.2) is 48.7 Å². The maximum absolute atomic E-state index is 11.8. The van der Waals surface area contributed by atoms with Gasteiger partial charge < -0.3 is 14.5 Å². The minimum absolute atomic E-state index is 0.328. The van der Waals surface area contributed by atoms with E-state index in [0.717, 1.165) is 48.7 Å². The predicted octanol–water partition coefficient (Wildman–Crippen LogP) is 3.44. The molecule has 3 heterocycles. The monoisotopic (exact) mass is 418 g/mol. The average molecular weight is 419 g/mol. The van der Waals surface area contributed by atoms with Gasteiger partial charge in [0.15, 0.2) is 0 Å². The molecule has 6 nitrogen and oxygen atoms in total. The summed E-state index contributed by atoms with van der Waals surface area (Å²) in [5.74, 6) is 1.60. The number of aryl methyl sites for hydroxylation is 1. The Kier molecular flexibility index (Phi) is 6.08. The lowest BCUT2D eigenvalue weighted by Crippen LogP contribution is -2.32. The molecule has 3 rings (SSSR count). The van der Waals surface area contributed by atoms with Crippen molar-refractivity contribution in [1.82, 2.24) is 9.97 Å². The van der Waals surface area contributed by atoms with Gasteiger partial charge in [-0.3, -0.25) is 0 Å². The summed E-state index contributed by atoms with van der Waals surface area (Å²) in [6.45, 7) is 7.90. The van der Waals surface area contributed by atoms with Crippen molar-refractivity contribution in [1.29, 1.82) is 0 Å². The van der Waals surface area contributed by atoms with Crippen LogP contribution in [0.5, 0.6) is 0 Å². The molecule has 1 aliphatic rings. The zero-order valence-electron chi connectivity index (χ0n) is 15.1. The average Bonchev–Trinajstić information content (AvgIpc) is 2.88. The van der Waals surface area contributed by atoms with Gasteiger partial charge in [-0.15, -0.1) is 0 Å². The zero-order chi connectivity index (χ0) is 18.5. The standard InChI is InChI=1S/C19H23BrN4O2/c1-3-26-19(25)15-5-6-17(21-12-15)23-7-4-8-24(10-9-23)18-14(2)11-16(20)13-22-18/h5-6,11-13H,3-4,7-10H2,1-2H3. The van der Waals surface area contributed by atoms with Crippen LogP contribution in [0.3, 0.4) is 0 Å². The summed E-state index contributed by atoms with van der Waals surface area (Å²) in [7, 11) is 0. The minimum Gasteiger partial charge on any atom is -0.462 e. The van der Waals surface area contributed by atoms with Crippen LogP contribution in [0.25, 0.3) is 0 Å². The Hall–Kier alpha value is -2.15. The lowest BCUT2D eigenvalue weighted by molar-refractivity contribution is 0.0526. The molecular weight excluding hydrogens is 396 g/mol. The second kappa shape index (κ2) is 8.49. The van der Waals surface area contributed by atoms with Gasteiger partial charge in [-0.2, -0.15) is 0 Å². The fraction of sp³-hybridized carbons (Fsp3) is 0.421. The SMILES string of the molecule is CCOC(=O)c1ccc(N2CCCN(c3ncc(Br)cc3C)CC2)nc1. The molecule has 0 saturated carbocycles. The highest BCUT2D eigenvalue weighted by Gasteiger charge is 2.19. The number of nitrogens with zero attached hydrogens (tertiary/aromatic N) is 4. The van der Waals surface area contributed by atoms with Crippen molar-refractivity contribution >= 4 is 33.5 Å². The molecule has 0 spiro atoms. The molecule has 0 aliphatic carbocycles. The summed E-state index contributed by atoms with van der Waals surface area (Å²) in [6, 6.07) is 5.77. The molecule has 0 amide bonds. The number of carbonyl (C=O) groups is 1. The van der Waals surface area contributed by atoms with Crippen LogP contribution in [0.15, 0.2) is 35.1 Å². The summed E-state index contributed by atoms with van der Waals surface area (Å²) in [5, 5.41) is 0. The molecule has 0 atom stereocenters. The van der Waals surface area contributed by atoms with E-state index < -0.39 is 0 Å². The van der Waals surface area contributed by atoms with Crippen molar-refractivity contribution in [2.75, 3.05) is 42.6 Å². The van der Waals surface area contributed by atoms with Crippen LogP contribution in [0, 0.1) is 6.92 Å². The van der Waals surface area contributed by atoms with Crippen LogP contribution >= 0.6 is 15.9 Å². The van der Waals surface area contributed by atoms with Crippen LogP contribution in [0.4, 0.5) is 11.6 Å². The molecule has 26 heavy (non-hydrogen) atoms. The Labute approximate surface area is 162 Å². The van der Waals surface area contributed by atoms with E-state index in [1.807, 2.05) is 12.3 Å². The van der Waals surface area contributed by atoms with E-state index >= 15 is 0 Å². The van der Waals surface area contributed by atoms with Crippen LogP contribution in [0.2, 0.25) is 0 Å². The predicted molar refractivity (Wildman–Crippen MR) is 106 cm³/mol. The molecule has 0 aromatic carbocycles. The first-order valence-electron chi connectivity index (χ1n) is 8.83. The fourth-order valence-corrected chi connectivity index (χ4v) is 3.58. The number of aromatic nitrogens is 2. The third-order valence-corrected chi connectivity index (χ3v) is 4.83. The van der Waals surface area contributed by atoms with Crippen molar-refractivity contribution in [3.05, 3.63) is 46.2 Å². The van der Waals surface area contributed by atoms with Crippen molar-refractivity contribution in [3.8, 4) is 0 Å². The second-order valence-corrected chi connectivity index (χ2v) is 7.16. The van der Waals surface area contributed by atoms with Gasteiger partial charge in [0.05, 0.1) is 12.2 Å². The molecule has 1 aliphatic heterocycles. The highest BCUT2D eigenvalue weighted by Crippen LogP contribution is 2.23. The van der Waals surface area contributed by atoms with Gasteiger partial charge in [-0.25, -0.2) is 14.8 Å². The highest BCUT2D eigenvalue weighted by atomic mass is 79.9. The van der Waals surface area contributed by atoms with Gasteiger partial charge in [-0.05, 0) is 60.0 Å². The van der Waals surface area contributed by atoms with Gasteiger partial charge >= 0.3 is 5.97 Å². The van der Waals surface area contributed by atoms with E-state index in [2.05, 4.69) is 48.7 Å². The van der Waals surface area contributed by atoms with Gasteiger partial charge in [0.25, 0.3) is 0 Å². The molecule has 2 aromatic heterocycles. The zero-order valence-corrected chi connectivity index (χ0v) is 16.7. The van der Waals surface area contributed by atoms with Crippen LogP contribution in [0.1, 0.15) is 29.3 Å². The number of rotatable bonds is 4. The van der Waals surface area contributed by atoms with E-state index in [1.165, 1.54) is 5.56 Å². The summed E-state index contributed by atoms with van der Waals surface area (Å²) in [5.41, 5.74) is 1.66.